The van der Waals surface area contributed by atoms with Crippen molar-refractivity contribution < 1.29 is 19.1 Å². The second-order valence-corrected chi connectivity index (χ2v) is 3.53. The molecule has 0 unspecified atom stereocenters. The van der Waals surface area contributed by atoms with Crippen LogP contribution < -0.4 is 5.32 Å². The van der Waals surface area contributed by atoms with Crippen molar-refractivity contribution >= 4 is 18.1 Å². The van der Waals surface area contributed by atoms with E-state index in [4.69, 9.17) is 9.47 Å². The van der Waals surface area contributed by atoms with Gasteiger partial charge in [-0.1, -0.05) is 30.3 Å². The zero-order chi connectivity index (χ0) is 14.1. The number of alkyl carbamates (subject to hydrolysis) is 1. The standard InChI is InChI=1S/C14H17NO4/c1-3-18-13(16)12(15-14(17)19-4-2)10-11-8-6-5-7-9-11/h5-10H,3-4H2,1-2H3,(H,15,17)/b12-10-. The minimum absolute atomic E-state index is 0.0477. The summed E-state index contributed by atoms with van der Waals surface area (Å²) in [4.78, 5) is 23.1. The number of rotatable bonds is 5. The van der Waals surface area contributed by atoms with Crippen molar-refractivity contribution in [2.45, 2.75) is 13.8 Å². The number of nitrogens with one attached hydrogen (secondary N) is 1. The van der Waals surface area contributed by atoms with Crippen LogP contribution in [0.25, 0.3) is 6.08 Å². The molecule has 0 bridgehead atoms. The van der Waals surface area contributed by atoms with Gasteiger partial charge in [0.2, 0.25) is 0 Å². The van der Waals surface area contributed by atoms with Gasteiger partial charge < -0.3 is 9.47 Å². The number of benzene rings is 1. The van der Waals surface area contributed by atoms with E-state index in [1.807, 2.05) is 30.3 Å². The smallest absolute Gasteiger partial charge is 0.411 e. The van der Waals surface area contributed by atoms with Crippen LogP contribution in [0.5, 0.6) is 0 Å². The molecule has 0 aliphatic carbocycles. The molecule has 1 amide bonds. The molecule has 0 heterocycles. The summed E-state index contributed by atoms with van der Waals surface area (Å²) in [6.45, 7) is 3.84. The summed E-state index contributed by atoms with van der Waals surface area (Å²) in [6.07, 6.45) is 0.854. The normalized spacial score (nSPS) is 10.7. The molecule has 5 nitrogen and oxygen atoms in total. The number of carbonyl (C=O) groups excluding carboxylic acids is 2. The maximum atomic E-state index is 11.7. The average molecular weight is 263 g/mol. The number of hydrogen-bond donors (Lipinski definition) is 1. The van der Waals surface area contributed by atoms with E-state index in [9.17, 15) is 9.59 Å². The third kappa shape index (κ3) is 5.25. The molecule has 1 aromatic rings. The van der Waals surface area contributed by atoms with Gasteiger partial charge in [0.15, 0.2) is 0 Å². The zero-order valence-corrected chi connectivity index (χ0v) is 11.0. The van der Waals surface area contributed by atoms with Crippen molar-refractivity contribution in [1.82, 2.24) is 5.32 Å². The van der Waals surface area contributed by atoms with Gasteiger partial charge in [0, 0.05) is 0 Å². The number of esters is 1. The third-order valence-corrected chi connectivity index (χ3v) is 2.12. The molecule has 0 aromatic heterocycles. The first-order valence-corrected chi connectivity index (χ1v) is 6.05. The van der Waals surface area contributed by atoms with Gasteiger partial charge in [-0.05, 0) is 25.5 Å². The summed E-state index contributed by atoms with van der Waals surface area (Å²) in [5.74, 6) is -0.598. The summed E-state index contributed by atoms with van der Waals surface area (Å²) in [7, 11) is 0. The van der Waals surface area contributed by atoms with E-state index in [2.05, 4.69) is 5.32 Å². The molecule has 0 saturated carbocycles. The minimum atomic E-state index is -0.683. The van der Waals surface area contributed by atoms with E-state index in [0.717, 1.165) is 5.56 Å². The minimum Gasteiger partial charge on any atom is -0.461 e. The summed E-state index contributed by atoms with van der Waals surface area (Å²) >= 11 is 0. The number of ether oxygens (including phenoxy) is 2. The quantitative estimate of drug-likeness (QED) is 0.654. The fourth-order valence-corrected chi connectivity index (χ4v) is 1.35. The number of carbonyl (C=O) groups is 2. The van der Waals surface area contributed by atoms with E-state index >= 15 is 0 Å². The van der Waals surface area contributed by atoms with E-state index < -0.39 is 12.1 Å². The Hall–Kier alpha value is -2.30. The Bertz CT molecular complexity index is 454. The molecule has 0 atom stereocenters. The van der Waals surface area contributed by atoms with Crippen LogP contribution in [0.15, 0.2) is 36.0 Å². The predicted octanol–water partition coefficient (Wildman–Crippen LogP) is 2.34. The van der Waals surface area contributed by atoms with Gasteiger partial charge in [-0.3, -0.25) is 5.32 Å². The molecular formula is C14H17NO4. The van der Waals surface area contributed by atoms with Crippen molar-refractivity contribution in [2.75, 3.05) is 13.2 Å². The Morgan fingerprint density at radius 3 is 2.32 bits per heavy atom. The van der Waals surface area contributed by atoms with Gasteiger partial charge in [-0.2, -0.15) is 0 Å². The van der Waals surface area contributed by atoms with E-state index in [1.54, 1.807) is 13.8 Å². The molecule has 0 radical (unpaired) electrons. The Kier molecular flexibility index (Phi) is 6.15. The molecule has 1 rings (SSSR count). The molecule has 0 aliphatic heterocycles. The maximum Gasteiger partial charge on any atom is 0.411 e. The molecule has 19 heavy (non-hydrogen) atoms. The second kappa shape index (κ2) is 7.92. The topological polar surface area (TPSA) is 64.6 Å². The molecule has 1 aromatic carbocycles. The Balaban J connectivity index is 2.89. The Morgan fingerprint density at radius 1 is 1.11 bits per heavy atom. The van der Waals surface area contributed by atoms with Crippen LogP contribution in [0.1, 0.15) is 19.4 Å². The molecule has 0 spiro atoms. The lowest BCUT2D eigenvalue weighted by molar-refractivity contribution is -0.138. The fraction of sp³-hybridized carbons (Fsp3) is 0.286. The first-order valence-electron chi connectivity index (χ1n) is 6.05. The Labute approximate surface area is 112 Å². The van der Waals surface area contributed by atoms with Crippen molar-refractivity contribution in [3.8, 4) is 0 Å². The summed E-state index contributed by atoms with van der Waals surface area (Å²) in [5, 5.41) is 2.38. The molecule has 102 valence electrons. The lowest BCUT2D eigenvalue weighted by Crippen LogP contribution is -2.29. The Morgan fingerprint density at radius 2 is 1.74 bits per heavy atom. The first kappa shape index (κ1) is 14.8. The average Bonchev–Trinajstić information content (AvgIpc) is 2.40. The van der Waals surface area contributed by atoms with Crippen molar-refractivity contribution in [2.24, 2.45) is 0 Å². The summed E-state index contributed by atoms with van der Waals surface area (Å²) < 4.78 is 9.62. The lowest BCUT2D eigenvalue weighted by atomic mass is 10.2. The highest BCUT2D eigenvalue weighted by molar-refractivity contribution is 5.96. The summed E-state index contributed by atoms with van der Waals surface area (Å²) in [5.41, 5.74) is 0.828. The highest BCUT2D eigenvalue weighted by Crippen LogP contribution is 2.06. The molecule has 5 heteroatoms. The van der Waals surface area contributed by atoms with Gasteiger partial charge in [0.05, 0.1) is 13.2 Å². The highest BCUT2D eigenvalue weighted by atomic mass is 16.6. The van der Waals surface area contributed by atoms with Gasteiger partial charge in [-0.25, -0.2) is 9.59 Å². The SMILES string of the molecule is CCOC(=O)N/C(=C\c1ccccc1)C(=O)OCC. The number of amides is 1. The van der Waals surface area contributed by atoms with Gasteiger partial charge >= 0.3 is 12.1 Å². The fourth-order valence-electron chi connectivity index (χ4n) is 1.35. The van der Waals surface area contributed by atoms with Crippen LogP contribution in [-0.2, 0) is 14.3 Å². The predicted molar refractivity (Wildman–Crippen MR) is 71.2 cm³/mol. The largest absolute Gasteiger partial charge is 0.461 e. The van der Waals surface area contributed by atoms with Crippen LogP contribution in [-0.4, -0.2) is 25.3 Å². The van der Waals surface area contributed by atoms with Gasteiger partial charge in [0.1, 0.15) is 5.70 Å². The molecule has 0 aliphatic rings. The van der Waals surface area contributed by atoms with Crippen molar-refractivity contribution in [1.29, 1.82) is 0 Å². The highest BCUT2D eigenvalue weighted by Gasteiger charge is 2.14. The van der Waals surface area contributed by atoms with Gasteiger partial charge in [-0.15, -0.1) is 0 Å². The third-order valence-electron chi connectivity index (χ3n) is 2.12. The van der Waals surface area contributed by atoms with Crippen LogP contribution in [0, 0.1) is 0 Å². The maximum absolute atomic E-state index is 11.7. The van der Waals surface area contributed by atoms with E-state index in [1.165, 1.54) is 6.08 Å². The zero-order valence-electron chi connectivity index (χ0n) is 11.0. The summed E-state index contributed by atoms with van der Waals surface area (Å²) in [6, 6.07) is 9.15. The van der Waals surface area contributed by atoms with Crippen LogP contribution in [0.2, 0.25) is 0 Å². The van der Waals surface area contributed by atoms with Crippen LogP contribution >= 0.6 is 0 Å². The van der Waals surface area contributed by atoms with Crippen LogP contribution in [0.3, 0.4) is 0 Å². The monoisotopic (exact) mass is 263 g/mol. The van der Waals surface area contributed by atoms with E-state index in [0.29, 0.717) is 0 Å². The van der Waals surface area contributed by atoms with Crippen LogP contribution in [0.4, 0.5) is 4.79 Å². The van der Waals surface area contributed by atoms with Crippen molar-refractivity contribution in [3.05, 3.63) is 41.6 Å². The number of hydrogen-bond acceptors (Lipinski definition) is 4. The van der Waals surface area contributed by atoms with Gasteiger partial charge in [0.25, 0.3) is 0 Å². The van der Waals surface area contributed by atoms with E-state index in [-0.39, 0.29) is 18.9 Å². The molecule has 1 N–H and O–H groups in total. The molecular weight excluding hydrogens is 246 g/mol. The first-order chi connectivity index (χ1) is 9.17. The molecule has 0 fully saturated rings. The lowest BCUT2D eigenvalue weighted by Gasteiger charge is -2.09. The molecule has 0 saturated heterocycles. The second-order valence-electron chi connectivity index (χ2n) is 3.53. The van der Waals surface area contributed by atoms with Crippen molar-refractivity contribution in [3.63, 3.8) is 0 Å².